The SMILES string of the molecule is Cc1cc(-c2ccnc3[nH]cc(F)c23)cc(F)c1C1(O)[C@H](C)CN(C(=O)[C@@H]2CC(F)(F)CN2)C[C@@H]1C. The van der Waals surface area contributed by atoms with Crippen LogP contribution in [0, 0.1) is 30.4 Å². The van der Waals surface area contributed by atoms with Crippen molar-refractivity contribution >= 4 is 16.9 Å². The highest BCUT2D eigenvalue weighted by atomic mass is 19.3. The summed E-state index contributed by atoms with van der Waals surface area (Å²) in [6.45, 7) is 4.79. The number of pyridine rings is 1. The number of hydrogen-bond donors (Lipinski definition) is 3. The zero-order chi connectivity index (χ0) is 26.0. The minimum absolute atomic E-state index is 0.101. The van der Waals surface area contributed by atoms with Gasteiger partial charge in [-0.1, -0.05) is 19.9 Å². The van der Waals surface area contributed by atoms with E-state index in [-0.39, 0.29) is 24.0 Å². The summed E-state index contributed by atoms with van der Waals surface area (Å²) in [5.41, 5.74) is 0.294. The molecule has 2 aromatic heterocycles. The van der Waals surface area contributed by atoms with E-state index in [2.05, 4.69) is 15.3 Å². The van der Waals surface area contributed by atoms with Crippen molar-refractivity contribution in [3.8, 4) is 11.1 Å². The van der Waals surface area contributed by atoms with Gasteiger partial charge in [-0.25, -0.2) is 22.5 Å². The number of rotatable bonds is 3. The number of nitrogens with zero attached hydrogens (tertiary/aromatic N) is 2. The number of hydrogen-bond acceptors (Lipinski definition) is 4. The van der Waals surface area contributed by atoms with Crippen molar-refractivity contribution in [1.29, 1.82) is 0 Å². The molecule has 2 fully saturated rings. The Morgan fingerprint density at radius 2 is 1.86 bits per heavy atom. The van der Waals surface area contributed by atoms with Gasteiger partial charge < -0.3 is 15.0 Å². The third-order valence-corrected chi connectivity index (χ3v) is 7.74. The molecule has 1 amide bonds. The lowest BCUT2D eigenvalue weighted by Gasteiger charge is -2.49. The molecule has 36 heavy (non-hydrogen) atoms. The molecule has 3 aromatic rings. The molecule has 6 nitrogen and oxygen atoms in total. The maximum atomic E-state index is 15.7. The lowest BCUT2D eigenvalue weighted by Crippen LogP contribution is -2.58. The van der Waals surface area contributed by atoms with Crippen molar-refractivity contribution in [2.45, 2.75) is 44.8 Å². The first kappa shape index (κ1) is 24.7. The second-order valence-electron chi connectivity index (χ2n) is 10.2. The second kappa shape index (κ2) is 8.55. The van der Waals surface area contributed by atoms with Crippen LogP contribution in [0.1, 0.15) is 31.4 Å². The first-order chi connectivity index (χ1) is 16.9. The van der Waals surface area contributed by atoms with Gasteiger partial charge in [-0.3, -0.25) is 10.1 Å². The van der Waals surface area contributed by atoms with Gasteiger partial charge in [0.1, 0.15) is 17.1 Å². The number of likely N-dealkylation sites (tertiary alicyclic amines) is 1. The molecule has 3 N–H and O–H groups in total. The van der Waals surface area contributed by atoms with Gasteiger partial charge in [-0.05, 0) is 35.7 Å². The van der Waals surface area contributed by atoms with Gasteiger partial charge in [-0.15, -0.1) is 0 Å². The Bertz CT molecular complexity index is 1310. The number of aryl methyl sites for hydroxylation is 1. The number of aromatic amines is 1. The summed E-state index contributed by atoms with van der Waals surface area (Å²) >= 11 is 0. The number of aromatic nitrogens is 2. The number of halogens is 4. The van der Waals surface area contributed by atoms with Crippen LogP contribution in [-0.4, -0.2) is 57.5 Å². The number of carbonyl (C=O) groups excluding carboxylic acids is 1. The molecule has 10 heteroatoms. The highest BCUT2D eigenvalue weighted by molar-refractivity contribution is 5.93. The number of piperidine rings is 1. The fourth-order valence-electron chi connectivity index (χ4n) is 5.95. The molecule has 0 spiro atoms. The fourth-order valence-corrected chi connectivity index (χ4v) is 5.95. The van der Waals surface area contributed by atoms with Gasteiger partial charge in [0.25, 0.3) is 5.92 Å². The van der Waals surface area contributed by atoms with E-state index in [1.165, 1.54) is 23.4 Å². The number of benzene rings is 1. The topological polar surface area (TPSA) is 81.2 Å². The van der Waals surface area contributed by atoms with Crippen LogP contribution in [0.25, 0.3) is 22.2 Å². The van der Waals surface area contributed by atoms with Crippen LogP contribution >= 0.6 is 0 Å². The third-order valence-electron chi connectivity index (χ3n) is 7.74. The van der Waals surface area contributed by atoms with Crippen LogP contribution in [0.3, 0.4) is 0 Å². The summed E-state index contributed by atoms with van der Waals surface area (Å²) in [7, 11) is 0. The van der Waals surface area contributed by atoms with Crippen LogP contribution in [0.5, 0.6) is 0 Å². The molecular weight excluding hydrogens is 476 g/mol. The van der Waals surface area contributed by atoms with Crippen LogP contribution < -0.4 is 5.32 Å². The molecule has 0 aliphatic carbocycles. The molecule has 0 radical (unpaired) electrons. The Labute approximate surface area is 205 Å². The summed E-state index contributed by atoms with van der Waals surface area (Å²) in [6, 6.07) is 3.62. The highest BCUT2D eigenvalue weighted by Crippen LogP contribution is 2.45. The van der Waals surface area contributed by atoms with Crippen molar-refractivity contribution in [2.75, 3.05) is 19.6 Å². The van der Waals surface area contributed by atoms with E-state index in [4.69, 9.17) is 0 Å². The Hall–Kier alpha value is -2.98. The van der Waals surface area contributed by atoms with E-state index in [0.717, 1.165) is 0 Å². The Morgan fingerprint density at radius 1 is 1.17 bits per heavy atom. The Balaban J connectivity index is 1.46. The average molecular weight is 505 g/mol. The number of H-pyrrole nitrogens is 1. The summed E-state index contributed by atoms with van der Waals surface area (Å²) in [5.74, 6) is -5.64. The summed E-state index contributed by atoms with van der Waals surface area (Å²) in [6.07, 6.45) is 2.14. The maximum absolute atomic E-state index is 15.7. The first-order valence-electron chi connectivity index (χ1n) is 12.0. The molecule has 2 aliphatic rings. The third kappa shape index (κ3) is 3.87. The van der Waals surface area contributed by atoms with E-state index < -0.39 is 59.9 Å². The van der Waals surface area contributed by atoms with E-state index in [1.807, 2.05) is 0 Å². The standard InChI is InChI=1S/C26H28F4N4O2/c1-13-6-16(17-4-5-31-23-21(17)19(28)9-32-23)7-18(27)22(13)26(36)14(2)10-34(11-15(26)3)24(35)20-8-25(29,30)12-33-20/h4-7,9,14-15,20,33,36H,8,10-12H2,1-3H3,(H,31,32)/t14-,15+,20-,26?/m0/s1. The monoisotopic (exact) mass is 504 g/mol. The molecule has 0 bridgehead atoms. The van der Waals surface area contributed by atoms with Gasteiger partial charge in [0.2, 0.25) is 5.91 Å². The van der Waals surface area contributed by atoms with Gasteiger partial charge in [0.15, 0.2) is 5.82 Å². The van der Waals surface area contributed by atoms with Gasteiger partial charge in [-0.2, -0.15) is 0 Å². The van der Waals surface area contributed by atoms with E-state index >= 15 is 4.39 Å². The van der Waals surface area contributed by atoms with Crippen molar-refractivity contribution in [3.05, 3.63) is 53.4 Å². The predicted octanol–water partition coefficient (Wildman–Crippen LogP) is 4.12. The first-order valence-corrected chi connectivity index (χ1v) is 12.0. The number of alkyl halides is 2. The largest absolute Gasteiger partial charge is 0.384 e. The lowest BCUT2D eigenvalue weighted by molar-refractivity contribution is -0.151. The zero-order valence-electron chi connectivity index (χ0n) is 20.2. The number of amides is 1. The van der Waals surface area contributed by atoms with Crippen molar-refractivity contribution in [1.82, 2.24) is 20.2 Å². The lowest BCUT2D eigenvalue weighted by atomic mass is 9.69. The molecule has 5 rings (SSSR count). The molecule has 192 valence electrons. The van der Waals surface area contributed by atoms with E-state index in [1.54, 1.807) is 32.9 Å². The fraction of sp³-hybridized carbons (Fsp3) is 0.462. The van der Waals surface area contributed by atoms with Crippen LogP contribution in [0.4, 0.5) is 17.6 Å². The molecule has 1 unspecified atom stereocenters. The minimum Gasteiger partial charge on any atom is -0.384 e. The zero-order valence-corrected chi connectivity index (χ0v) is 20.2. The number of nitrogens with one attached hydrogen (secondary N) is 2. The molecule has 2 aliphatic heterocycles. The molecule has 0 saturated carbocycles. The molecule has 2 saturated heterocycles. The van der Waals surface area contributed by atoms with Crippen LogP contribution in [0.2, 0.25) is 0 Å². The number of carbonyl (C=O) groups is 1. The molecule has 4 atom stereocenters. The van der Waals surface area contributed by atoms with E-state index in [9.17, 15) is 23.1 Å². The van der Waals surface area contributed by atoms with Crippen molar-refractivity contribution < 1.29 is 27.5 Å². The maximum Gasteiger partial charge on any atom is 0.262 e. The normalized spacial score (nSPS) is 28.1. The Kier molecular flexibility index (Phi) is 5.87. The summed E-state index contributed by atoms with van der Waals surface area (Å²) in [5, 5.41) is 14.7. The number of fused-ring (bicyclic) bond motifs is 1. The molecule has 1 aromatic carbocycles. The summed E-state index contributed by atoms with van der Waals surface area (Å²) < 4.78 is 57.4. The molecule has 4 heterocycles. The summed E-state index contributed by atoms with van der Waals surface area (Å²) in [4.78, 5) is 21.2. The van der Waals surface area contributed by atoms with Crippen molar-refractivity contribution in [2.24, 2.45) is 11.8 Å². The molecular formula is C26H28F4N4O2. The number of aliphatic hydroxyl groups is 1. The predicted molar refractivity (Wildman–Crippen MR) is 126 cm³/mol. The van der Waals surface area contributed by atoms with Gasteiger partial charge in [0, 0.05) is 49.3 Å². The minimum atomic E-state index is -2.93. The quantitative estimate of drug-likeness (QED) is 0.469. The highest BCUT2D eigenvalue weighted by Gasteiger charge is 2.51. The Morgan fingerprint density at radius 3 is 2.47 bits per heavy atom. The van der Waals surface area contributed by atoms with Crippen molar-refractivity contribution in [3.63, 3.8) is 0 Å². The van der Waals surface area contributed by atoms with Gasteiger partial charge in [0.05, 0.1) is 18.0 Å². The van der Waals surface area contributed by atoms with E-state index in [0.29, 0.717) is 22.3 Å². The van der Waals surface area contributed by atoms with Gasteiger partial charge >= 0.3 is 0 Å². The average Bonchev–Trinajstić information content (AvgIpc) is 3.38. The second-order valence-corrected chi connectivity index (χ2v) is 10.2. The van der Waals surface area contributed by atoms with Crippen LogP contribution in [0.15, 0.2) is 30.6 Å². The van der Waals surface area contributed by atoms with Crippen LogP contribution in [-0.2, 0) is 10.4 Å². The smallest absolute Gasteiger partial charge is 0.262 e.